The summed E-state index contributed by atoms with van der Waals surface area (Å²) in [6.07, 6.45) is 3.99. The third-order valence-electron chi connectivity index (χ3n) is 4.84. The van der Waals surface area contributed by atoms with Gasteiger partial charge < -0.3 is 9.72 Å². The molecule has 1 aliphatic heterocycles. The van der Waals surface area contributed by atoms with E-state index in [2.05, 4.69) is 15.0 Å². The first kappa shape index (κ1) is 21.4. The molecule has 0 amide bonds. The van der Waals surface area contributed by atoms with Gasteiger partial charge in [-0.3, -0.25) is 19.1 Å². The van der Waals surface area contributed by atoms with Crippen molar-refractivity contribution >= 4 is 49.4 Å². The number of rotatable bonds is 7. The number of sulfonamides is 1. The average molecular weight is 459 g/mol. The van der Waals surface area contributed by atoms with Gasteiger partial charge >= 0.3 is 5.97 Å². The molecule has 0 saturated heterocycles. The van der Waals surface area contributed by atoms with Gasteiger partial charge in [0.2, 0.25) is 0 Å². The summed E-state index contributed by atoms with van der Waals surface area (Å²) in [5.74, 6) is -0.224. The van der Waals surface area contributed by atoms with E-state index in [-0.39, 0.29) is 16.3 Å². The molecule has 0 saturated carbocycles. The number of hydrogen-bond donors (Lipinski definition) is 1. The Morgan fingerprint density at radius 3 is 2.90 bits per heavy atom. The predicted molar refractivity (Wildman–Crippen MR) is 122 cm³/mol. The molecule has 0 fully saturated rings. The van der Waals surface area contributed by atoms with Gasteiger partial charge in [-0.1, -0.05) is 30.8 Å². The lowest BCUT2D eigenvalue weighted by Gasteiger charge is -2.20. The number of aromatic amines is 1. The lowest BCUT2D eigenvalue weighted by atomic mass is 10.2. The van der Waals surface area contributed by atoms with Crippen LogP contribution in [-0.4, -0.2) is 48.4 Å². The summed E-state index contributed by atoms with van der Waals surface area (Å²) in [6, 6.07) is 10.5. The molecule has 2 aromatic heterocycles. The van der Waals surface area contributed by atoms with E-state index in [1.54, 1.807) is 12.1 Å². The van der Waals surface area contributed by atoms with E-state index in [0.717, 1.165) is 22.5 Å². The third-order valence-corrected chi connectivity index (χ3v) is 7.68. The zero-order chi connectivity index (χ0) is 22.0. The van der Waals surface area contributed by atoms with Crippen LogP contribution >= 0.6 is 11.8 Å². The number of H-pyrrole nitrogens is 1. The van der Waals surface area contributed by atoms with Crippen LogP contribution in [-0.2, 0) is 19.6 Å². The van der Waals surface area contributed by atoms with Crippen molar-refractivity contribution in [3.8, 4) is 0 Å². The topological polar surface area (TPSA) is 105 Å². The molecule has 1 aromatic carbocycles. The Morgan fingerprint density at radius 1 is 1.32 bits per heavy atom. The number of hydrogen-bond acceptors (Lipinski definition) is 7. The number of aliphatic imine (C=N–C) groups is 1. The lowest BCUT2D eigenvalue weighted by molar-refractivity contribution is -0.144. The summed E-state index contributed by atoms with van der Waals surface area (Å²) >= 11 is 1.39. The fourth-order valence-electron chi connectivity index (χ4n) is 3.28. The molecule has 0 bridgehead atoms. The monoisotopic (exact) mass is 458 g/mol. The number of carbonyl (C=O) groups is 1. The Balaban J connectivity index is 1.60. The van der Waals surface area contributed by atoms with Crippen molar-refractivity contribution in [2.75, 3.05) is 17.9 Å². The summed E-state index contributed by atoms with van der Waals surface area (Å²) < 4.78 is 32.7. The highest BCUT2D eigenvalue weighted by atomic mass is 32.2. The third kappa shape index (κ3) is 4.31. The Kier molecular flexibility index (Phi) is 6.01. The Morgan fingerprint density at radius 2 is 2.16 bits per heavy atom. The molecule has 8 nitrogen and oxygen atoms in total. The summed E-state index contributed by atoms with van der Waals surface area (Å²) in [6.45, 7) is 2.32. The van der Waals surface area contributed by atoms with Crippen LogP contribution in [0, 0.1) is 0 Å². The molecule has 4 rings (SSSR count). The highest BCUT2D eigenvalue weighted by Gasteiger charge is 2.27. The quantitative estimate of drug-likeness (QED) is 0.543. The fraction of sp³-hybridized carbons (Fsp3) is 0.286. The summed E-state index contributed by atoms with van der Waals surface area (Å²) in [4.78, 5) is 23.6. The second-order valence-electron chi connectivity index (χ2n) is 7.02. The van der Waals surface area contributed by atoms with E-state index < -0.39 is 10.0 Å². The second kappa shape index (κ2) is 8.72. The Hall–Kier alpha value is -2.85. The van der Waals surface area contributed by atoms with Crippen molar-refractivity contribution in [2.45, 2.75) is 30.1 Å². The number of nitrogens with zero attached hydrogens (tertiary/aromatic N) is 3. The molecule has 162 valence electrons. The first-order chi connectivity index (χ1) is 14.9. The highest BCUT2D eigenvalue weighted by Crippen LogP contribution is 2.33. The van der Waals surface area contributed by atoms with E-state index in [9.17, 15) is 13.2 Å². The van der Waals surface area contributed by atoms with Gasteiger partial charge in [0.15, 0.2) is 5.44 Å². The molecule has 0 spiro atoms. The van der Waals surface area contributed by atoms with Gasteiger partial charge in [0.05, 0.1) is 23.4 Å². The van der Waals surface area contributed by atoms with E-state index in [1.165, 1.54) is 41.6 Å². The number of nitrogens with one attached hydrogen (secondary N) is 1. The van der Waals surface area contributed by atoms with E-state index in [1.807, 2.05) is 25.1 Å². The molecule has 1 aliphatic rings. The lowest BCUT2D eigenvalue weighted by Crippen LogP contribution is -2.26. The second-order valence-corrected chi connectivity index (χ2v) is 10.1. The molecule has 0 radical (unpaired) electrons. The van der Waals surface area contributed by atoms with Crippen molar-refractivity contribution in [3.05, 3.63) is 54.5 Å². The van der Waals surface area contributed by atoms with Gasteiger partial charge in [-0.05, 0) is 30.7 Å². The van der Waals surface area contributed by atoms with Crippen LogP contribution in [0.5, 0.6) is 0 Å². The minimum absolute atomic E-state index is 0.119. The van der Waals surface area contributed by atoms with Crippen LogP contribution in [0.2, 0.25) is 0 Å². The Labute approximate surface area is 184 Å². The van der Waals surface area contributed by atoms with Crippen LogP contribution in [0.3, 0.4) is 0 Å². The zero-order valence-corrected chi connectivity index (χ0v) is 18.7. The molecular formula is C21H22N4O4S2. The standard InChI is InChI=1S/C21H22N4O4S2/c1-3-6-18(26)29-19-13-23-21(30-19)16-11-14-7-4-9-17(20(14)24-16)25(2)31(27,28)15-8-5-10-22-12-15/h4-5,7-12,19,24H,3,6,13H2,1-2H3. The minimum atomic E-state index is -3.76. The van der Waals surface area contributed by atoms with Gasteiger partial charge in [-0.2, -0.15) is 0 Å². The van der Waals surface area contributed by atoms with Gasteiger partial charge in [-0.25, -0.2) is 8.42 Å². The number of pyridine rings is 1. The maximum atomic E-state index is 13.0. The molecule has 0 aliphatic carbocycles. The number of esters is 1. The SMILES string of the molecule is CCCC(=O)OC1CN=C(c2cc3cccc(N(C)S(=O)(=O)c4cccnc4)c3[nH]2)S1. The molecule has 1 atom stereocenters. The maximum Gasteiger partial charge on any atom is 0.306 e. The van der Waals surface area contributed by atoms with Crippen molar-refractivity contribution in [1.82, 2.24) is 9.97 Å². The first-order valence-corrected chi connectivity index (χ1v) is 12.1. The number of aromatic nitrogens is 2. The molecule has 1 unspecified atom stereocenters. The average Bonchev–Trinajstić information content (AvgIpc) is 3.40. The van der Waals surface area contributed by atoms with Crippen molar-refractivity contribution in [1.29, 1.82) is 0 Å². The van der Waals surface area contributed by atoms with Crippen LogP contribution in [0.1, 0.15) is 25.5 Å². The molecular weight excluding hydrogens is 436 g/mol. The number of thioether (sulfide) groups is 1. The van der Waals surface area contributed by atoms with Crippen molar-refractivity contribution in [3.63, 3.8) is 0 Å². The summed E-state index contributed by atoms with van der Waals surface area (Å²) in [5, 5.41) is 1.59. The molecule has 1 N–H and O–H groups in total. The summed E-state index contributed by atoms with van der Waals surface area (Å²) in [5.41, 5.74) is 1.62. The molecule has 3 aromatic rings. The van der Waals surface area contributed by atoms with Gasteiger partial charge in [0.1, 0.15) is 9.94 Å². The zero-order valence-electron chi connectivity index (χ0n) is 17.1. The van der Waals surface area contributed by atoms with E-state index in [0.29, 0.717) is 24.2 Å². The van der Waals surface area contributed by atoms with Gasteiger partial charge in [-0.15, -0.1) is 0 Å². The molecule has 3 heterocycles. The number of benzene rings is 1. The number of ether oxygens (including phenoxy) is 1. The normalized spacial score (nSPS) is 16.3. The van der Waals surface area contributed by atoms with Crippen molar-refractivity contribution < 1.29 is 17.9 Å². The summed E-state index contributed by atoms with van der Waals surface area (Å²) in [7, 11) is -2.25. The maximum absolute atomic E-state index is 13.0. The number of fused-ring (bicyclic) bond motifs is 1. The predicted octanol–water partition coefficient (Wildman–Crippen LogP) is 3.55. The van der Waals surface area contributed by atoms with Crippen LogP contribution in [0.25, 0.3) is 10.9 Å². The van der Waals surface area contributed by atoms with Crippen LogP contribution in [0.4, 0.5) is 5.69 Å². The van der Waals surface area contributed by atoms with E-state index in [4.69, 9.17) is 4.74 Å². The first-order valence-electron chi connectivity index (χ1n) is 9.82. The molecule has 10 heteroatoms. The number of para-hydroxylation sites is 1. The Bertz CT molecular complexity index is 1240. The van der Waals surface area contributed by atoms with Crippen molar-refractivity contribution in [2.24, 2.45) is 4.99 Å². The van der Waals surface area contributed by atoms with Crippen LogP contribution in [0.15, 0.2) is 58.7 Å². The molecule has 31 heavy (non-hydrogen) atoms. The minimum Gasteiger partial charge on any atom is -0.449 e. The highest BCUT2D eigenvalue weighted by molar-refractivity contribution is 8.15. The fourth-order valence-corrected chi connectivity index (χ4v) is 5.39. The number of anilines is 1. The van der Waals surface area contributed by atoms with E-state index >= 15 is 0 Å². The van der Waals surface area contributed by atoms with Gasteiger partial charge in [0, 0.05) is 31.2 Å². The van der Waals surface area contributed by atoms with Crippen LogP contribution < -0.4 is 4.31 Å². The van der Waals surface area contributed by atoms with Gasteiger partial charge in [0.25, 0.3) is 10.0 Å². The number of carbonyl (C=O) groups excluding carboxylic acids is 1. The smallest absolute Gasteiger partial charge is 0.306 e. The largest absolute Gasteiger partial charge is 0.449 e.